The lowest BCUT2D eigenvalue weighted by atomic mass is 9.89. The Morgan fingerprint density at radius 1 is 1.17 bits per heavy atom. The lowest BCUT2D eigenvalue weighted by Crippen LogP contribution is -2.43. The number of carbonyl (C=O) groups is 1. The van der Waals surface area contributed by atoms with E-state index in [0.29, 0.717) is 25.3 Å². The summed E-state index contributed by atoms with van der Waals surface area (Å²) in [5.41, 5.74) is -0.0251. The highest BCUT2D eigenvalue weighted by Crippen LogP contribution is 2.30. The van der Waals surface area contributed by atoms with Crippen molar-refractivity contribution in [2.24, 2.45) is 11.8 Å². The van der Waals surface area contributed by atoms with Gasteiger partial charge in [0.1, 0.15) is 5.69 Å². The number of amides is 1. The summed E-state index contributed by atoms with van der Waals surface area (Å²) in [6, 6.07) is 3.86. The Bertz CT molecular complexity index is 875. The maximum atomic E-state index is 13.0. The molecule has 2 fully saturated rings. The van der Waals surface area contributed by atoms with Gasteiger partial charge in [0.25, 0.3) is 5.69 Å². The monoisotopic (exact) mass is 438 g/mol. The molecule has 10 heteroatoms. The van der Waals surface area contributed by atoms with Gasteiger partial charge >= 0.3 is 0 Å². The fraction of sp³-hybridized carbons (Fsp3) is 0.650. The molecule has 1 heterocycles. The molecule has 0 aromatic heterocycles. The Balaban J connectivity index is 1.59. The van der Waals surface area contributed by atoms with Crippen molar-refractivity contribution in [3.05, 3.63) is 28.3 Å². The van der Waals surface area contributed by atoms with Crippen LogP contribution in [0, 0.1) is 22.0 Å². The molecule has 9 nitrogen and oxygen atoms in total. The van der Waals surface area contributed by atoms with E-state index in [-0.39, 0.29) is 41.2 Å². The maximum Gasteiger partial charge on any atom is 0.293 e. The van der Waals surface area contributed by atoms with Crippen molar-refractivity contribution in [2.75, 3.05) is 32.0 Å². The number of carbonyl (C=O) groups excluding carboxylic acids is 1. The highest BCUT2D eigenvalue weighted by atomic mass is 32.2. The Morgan fingerprint density at radius 3 is 2.43 bits per heavy atom. The summed E-state index contributed by atoms with van der Waals surface area (Å²) >= 11 is 0. The van der Waals surface area contributed by atoms with Gasteiger partial charge in [0, 0.05) is 38.7 Å². The number of nitro groups is 1. The molecule has 2 aliphatic rings. The lowest BCUT2D eigenvalue weighted by Gasteiger charge is -2.31. The third kappa shape index (κ3) is 5.10. The van der Waals surface area contributed by atoms with Gasteiger partial charge < -0.3 is 10.6 Å². The van der Waals surface area contributed by atoms with Crippen molar-refractivity contribution in [1.29, 1.82) is 0 Å². The van der Waals surface area contributed by atoms with Gasteiger partial charge in [-0.2, -0.15) is 4.31 Å². The smallest absolute Gasteiger partial charge is 0.293 e. The molecule has 1 aromatic rings. The summed E-state index contributed by atoms with van der Waals surface area (Å²) in [5.74, 6) is 0.368. The molecule has 3 rings (SSSR count). The zero-order valence-electron chi connectivity index (χ0n) is 17.3. The van der Waals surface area contributed by atoms with E-state index in [2.05, 4.69) is 10.6 Å². The molecule has 0 spiro atoms. The Morgan fingerprint density at radius 2 is 1.83 bits per heavy atom. The molecule has 1 saturated carbocycles. The quantitative estimate of drug-likeness (QED) is 0.499. The fourth-order valence-corrected chi connectivity index (χ4v) is 5.81. The summed E-state index contributed by atoms with van der Waals surface area (Å²) in [5, 5.41) is 17.0. The molecule has 0 atom stereocenters. The van der Waals surface area contributed by atoms with Gasteiger partial charge in [-0.05, 0) is 43.7 Å². The molecule has 0 bridgehead atoms. The van der Waals surface area contributed by atoms with Gasteiger partial charge in [0.2, 0.25) is 15.9 Å². The van der Waals surface area contributed by atoms with Crippen LogP contribution in [0.25, 0.3) is 0 Å². The van der Waals surface area contributed by atoms with E-state index in [9.17, 15) is 23.3 Å². The number of hydrogen-bond acceptors (Lipinski definition) is 6. The maximum absolute atomic E-state index is 13.0. The molecule has 2 N–H and O–H groups in total. The molecule has 1 aliphatic heterocycles. The first-order valence-corrected chi connectivity index (χ1v) is 12.0. The van der Waals surface area contributed by atoms with Crippen LogP contribution in [-0.2, 0) is 14.8 Å². The molecule has 1 aliphatic carbocycles. The standard InChI is InChI=1S/C20H30N4O5S/c1-21-18-8-7-17(13-19(18)24(26)27)30(28,29)23-11-9-16(10-12-23)20(25)22-14-15-5-3-2-4-6-15/h7-8,13,15-16,21H,2-6,9-12,14H2,1H3,(H,22,25). The number of nitrogens with one attached hydrogen (secondary N) is 2. The predicted molar refractivity (Wildman–Crippen MR) is 114 cm³/mol. The van der Waals surface area contributed by atoms with Gasteiger partial charge in [-0.3, -0.25) is 14.9 Å². The van der Waals surface area contributed by atoms with E-state index in [1.54, 1.807) is 7.05 Å². The van der Waals surface area contributed by atoms with Crippen LogP contribution in [0.2, 0.25) is 0 Å². The number of nitrogens with zero attached hydrogens (tertiary/aromatic N) is 2. The second-order valence-corrected chi connectivity index (χ2v) is 10.1. The normalized spacial score (nSPS) is 19.4. The Kier molecular flexibility index (Phi) is 7.30. The number of sulfonamides is 1. The Labute approximate surface area is 177 Å². The van der Waals surface area contributed by atoms with Gasteiger partial charge in [0.15, 0.2) is 0 Å². The zero-order valence-corrected chi connectivity index (χ0v) is 18.1. The SMILES string of the molecule is CNc1ccc(S(=O)(=O)N2CCC(C(=O)NCC3CCCCC3)CC2)cc1[N+](=O)[O-]. The number of hydrogen-bond donors (Lipinski definition) is 2. The van der Waals surface area contributed by atoms with Crippen LogP contribution in [0.5, 0.6) is 0 Å². The summed E-state index contributed by atoms with van der Waals surface area (Å²) in [7, 11) is -2.31. The van der Waals surface area contributed by atoms with E-state index in [4.69, 9.17) is 0 Å². The number of anilines is 1. The lowest BCUT2D eigenvalue weighted by molar-refractivity contribution is -0.384. The zero-order chi connectivity index (χ0) is 21.7. The van der Waals surface area contributed by atoms with E-state index >= 15 is 0 Å². The average molecular weight is 439 g/mol. The van der Waals surface area contributed by atoms with Crippen molar-refractivity contribution < 1.29 is 18.1 Å². The average Bonchev–Trinajstić information content (AvgIpc) is 2.77. The number of benzene rings is 1. The first-order valence-electron chi connectivity index (χ1n) is 10.6. The van der Waals surface area contributed by atoms with Crippen LogP contribution in [-0.4, -0.2) is 50.2 Å². The summed E-state index contributed by atoms with van der Waals surface area (Å²) in [4.78, 5) is 23.0. The second kappa shape index (κ2) is 9.74. The number of piperidine rings is 1. The van der Waals surface area contributed by atoms with E-state index < -0.39 is 14.9 Å². The molecular formula is C20H30N4O5S. The largest absolute Gasteiger partial charge is 0.383 e. The molecule has 30 heavy (non-hydrogen) atoms. The van der Waals surface area contributed by atoms with E-state index in [1.165, 1.54) is 35.7 Å². The first kappa shape index (κ1) is 22.5. The van der Waals surface area contributed by atoms with Gasteiger partial charge in [-0.15, -0.1) is 0 Å². The minimum atomic E-state index is -3.85. The van der Waals surface area contributed by atoms with Crippen LogP contribution in [0.3, 0.4) is 0 Å². The summed E-state index contributed by atoms with van der Waals surface area (Å²) in [6.45, 7) is 1.16. The van der Waals surface area contributed by atoms with Crippen molar-refractivity contribution in [3.8, 4) is 0 Å². The minimum Gasteiger partial charge on any atom is -0.383 e. The highest BCUT2D eigenvalue weighted by molar-refractivity contribution is 7.89. The summed E-state index contributed by atoms with van der Waals surface area (Å²) in [6.07, 6.45) is 6.95. The van der Waals surface area contributed by atoms with Crippen molar-refractivity contribution in [3.63, 3.8) is 0 Å². The van der Waals surface area contributed by atoms with Crippen LogP contribution in [0.1, 0.15) is 44.9 Å². The van der Waals surface area contributed by atoms with E-state index in [1.807, 2.05) is 0 Å². The topological polar surface area (TPSA) is 122 Å². The van der Waals surface area contributed by atoms with Gasteiger partial charge in [-0.1, -0.05) is 19.3 Å². The predicted octanol–water partition coefficient (Wildman–Crippen LogP) is 2.73. The molecule has 0 unspecified atom stereocenters. The van der Waals surface area contributed by atoms with Crippen LogP contribution in [0.4, 0.5) is 11.4 Å². The molecule has 1 amide bonds. The molecule has 166 valence electrons. The molecular weight excluding hydrogens is 408 g/mol. The van der Waals surface area contributed by atoms with Crippen molar-refractivity contribution in [1.82, 2.24) is 9.62 Å². The van der Waals surface area contributed by atoms with Crippen molar-refractivity contribution in [2.45, 2.75) is 49.8 Å². The molecule has 1 saturated heterocycles. The number of rotatable bonds is 7. The number of nitro benzene ring substituents is 1. The van der Waals surface area contributed by atoms with Crippen LogP contribution >= 0.6 is 0 Å². The third-order valence-electron chi connectivity index (χ3n) is 6.19. The molecule has 0 radical (unpaired) electrons. The van der Waals surface area contributed by atoms with E-state index in [0.717, 1.165) is 18.9 Å². The first-order chi connectivity index (χ1) is 14.3. The Hall–Kier alpha value is -2.20. The van der Waals surface area contributed by atoms with Gasteiger partial charge in [0.05, 0.1) is 9.82 Å². The fourth-order valence-electron chi connectivity index (χ4n) is 4.32. The van der Waals surface area contributed by atoms with Gasteiger partial charge in [-0.25, -0.2) is 8.42 Å². The third-order valence-corrected chi connectivity index (χ3v) is 8.08. The second-order valence-electron chi connectivity index (χ2n) is 8.11. The van der Waals surface area contributed by atoms with Crippen LogP contribution < -0.4 is 10.6 Å². The summed E-state index contributed by atoms with van der Waals surface area (Å²) < 4.78 is 27.2. The molecule has 1 aromatic carbocycles. The minimum absolute atomic E-state index is 0.00614. The van der Waals surface area contributed by atoms with Crippen LogP contribution in [0.15, 0.2) is 23.1 Å². The highest BCUT2D eigenvalue weighted by Gasteiger charge is 2.33. The van der Waals surface area contributed by atoms with Crippen molar-refractivity contribution >= 4 is 27.3 Å².